The van der Waals surface area contributed by atoms with E-state index in [2.05, 4.69) is 27.4 Å². The molecule has 1 spiro atoms. The molecule has 1 aromatic heterocycles. The summed E-state index contributed by atoms with van der Waals surface area (Å²) in [7, 11) is 0. The highest BCUT2D eigenvalue weighted by molar-refractivity contribution is 5.77. The van der Waals surface area contributed by atoms with Crippen molar-refractivity contribution in [3.8, 4) is 0 Å². The molecule has 3 N–H and O–H groups in total. The number of ether oxygens (including phenoxy) is 1. The van der Waals surface area contributed by atoms with Gasteiger partial charge in [-0.25, -0.2) is 14.7 Å². The van der Waals surface area contributed by atoms with Crippen LogP contribution in [0.2, 0.25) is 0 Å². The maximum absolute atomic E-state index is 12.4. The van der Waals surface area contributed by atoms with Crippen molar-refractivity contribution in [1.82, 2.24) is 30.8 Å². The van der Waals surface area contributed by atoms with Crippen LogP contribution in [0.4, 0.5) is 9.59 Å². The van der Waals surface area contributed by atoms with E-state index in [-0.39, 0.29) is 17.5 Å². The Bertz CT molecular complexity index is 858. The predicted octanol–water partition coefficient (Wildman–Crippen LogP) is 1.92. The molecule has 164 valence electrons. The molecule has 11 nitrogen and oxygen atoms in total. The van der Waals surface area contributed by atoms with E-state index in [1.165, 1.54) is 0 Å². The van der Waals surface area contributed by atoms with Crippen molar-refractivity contribution in [2.45, 2.75) is 64.1 Å². The molecule has 2 saturated heterocycles. The minimum atomic E-state index is -0.591. The first-order valence-electron chi connectivity index (χ1n) is 10.1. The van der Waals surface area contributed by atoms with Crippen molar-refractivity contribution in [2.75, 3.05) is 13.1 Å². The van der Waals surface area contributed by atoms with Crippen LogP contribution in [0.15, 0.2) is 16.8 Å². The molecule has 0 radical (unpaired) electrons. The van der Waals surface area contributed by atoms with Crippen LogP contribution in [0.5, 0.6) is 0 Å². The van der Waals surface area contributed by atoms with Crippen LogP contribution in [0.1, 0.15) is 57.9 Å². The van der Waals surface area contributed by atoms with Gasteiger partial charge in [0.25, 0.3) is 0 Å². The molecule has 1 aliphatic carbocycles. The third kappa shape index (κ3) is 3.93. The summed E-state index contributed by atoms with van der Waals surface area (Å²) in [6.45, 7) is 9.97. The van der Waals surface area contributed by atoms with Crippen LogP contribution >= 0.6 is 0 Å². The average Bonchev–Trinajstić information content (AvgIpc) is 3.15. The second kappa shape index (κ2) is 7.15. The van der Waals surface area contributed by atoms with Crippen molar-refractivity contribution in [1.29, 1.82) is 0 Å². The fourth-order valence-electron chi connectivity index (χ4n) is 4.16. The number of piperidine rings is 1. The summed E-state index contributed by atoms with van der Waals surface area (Å²) in [6, 6.07) is -0.859. The molecule has 1 aromatic rings. The average molecular weight is 420 g/mol. The number of nitrogens with one attached hydrogen (secondary N) is 2. The number of carbonyl (C=O) groups excluding carboxylic acids is 2. The van der Waals surface area contributed by atoms with Gasteiger partial charge in [0.2, 0.25) is 11.8 Å². The fourth-order valence-corrected chi connectivity index (χ4v) is 4.16. The Morgan fingerprint density at radius 2 is 2.13 bits per heavy atom. The van der Waals surface area contributed by atoms with E-state index < -0.39 is 17.7 Å². The van der Waals surface area contributed by atoms with Crippen LogP contribution in [-0.4, -0.2) is 62.2 Å². The summed E-state index contributed by atoms with van der Waals surface area (Å²) in [4.78, 5) is 25.7. The van der Waals surface area contributed by atoms with E-state index in [1.807, 2.05) is 0 Å². The third-order valence-electron chi connectivity index (χ3n) is 5.78. The summed E-state index contributed by atoms with van der Waals surface area (Å²) in [6.07, 6.45) is 2.53. The molecule has 3 aliphatic rings. The second-order valence-corrected chi connectivity index (χ2v) is 9.19. The number of hydroxylamine groups is 2. The third-order valence-corrected chi connectivity index (χ3v) is 5.78. The van der Waals surface area contributed by atoms with Gasteiger partial charge in [0.15, 0.2) is 0 Å². The first-order chi connectivity index (χ1) is 14.1. The lowest BCUT2D eigenvalue weighted by Crippen LogP contribution is -2.41. The number of rotatable bonds is 6. The Morgan fingerprint density at radius 1 is 1.40 bits per heavy atom. The Balaban J connectivity index is 1.29. The van der Waals surface area contributed by atoms with Crippen molar-refractivity contribution < 1.29 is 24.0 Å². The van der Waals surface area contributed by atoms with Gasteiger partial charge in [-0.05, 0) is 45.4 Å². The summed E-state index contributed by atoms with van der Waals surface area (Å²) in [5.41, 5.74) is -0.629. The number of alkyl carbamates (subject to hydrolysis) is 1. The van der Waals surface area contributed by atoms with Gasteiger partial charge in [-0.2, -0.15) is 0 Å². The zero-order chi connectivity index (χ0) is 21.7. The monoisotopic (exact) mass is 420 g/mol. The SMILES string of the molecule is C=C(NCCc1nnc([C@@H]2CC3(CC3)[C@@H]3CN2C(=O)N3O)o1)NC(=O)OC(C)(C)C. The lowest BCUT2D eigenvalue weighted by atomic mass is 9.85. The molecule has 11 heteroatoms. The minimum Gasteiger partial charge on any atom is -0.444 e. The predicted molar refractivity (Wildman–Crippen MR) is 103 cm³/mol. The quantitative estimate of drug-likeness (QED) is 0.595. The first kappa shape index (κ1) is 20.5. The topological polar surface area (TPSA) is 133 Å². The molecule has 3 heterocycles. The van der Waals surface area contributed by atoms with Gasteiger partial charge in [-0.15, -0.1) is 10.2 Å². The number of nitrogens with zero attached hydrogens (tertiary/aromatic N) is 4. The normalized spacial score (nSPS) is 24.2. The number of urea groups is 1. The number of aromatic nitrogens is 2. The Labute approximate surface area is 174 Å². The van der Waals surface area contributed by atoms with Gasteiger partial charge in [-0.3, -0.25) is 10.5 Å². The standard InChI is InChI=1S/C19H28N6O5/c1-11(21-16(26)30-18(2,3)4)20-8-5-14-22-23-15(29-14)12-9-19(6-7-19)13-10-24(12)17(27)25(13)28/h12-13,20,28H,1,5-10H2,2-4H3,(H,21,26)/t12-,13-/m0/s1. The summed E-state index contributed by atoms with van der Waals surface area (Å²) < 4.78 is 11.0. The van der Waals surface area contributed by atoms with Gasteiger partial charge in [0.1, 0.15) is 17.5 Å². The molecule has 2 aliphatic heterocycles. The van der Waals surface area contributed by atoms with Crippen LogP contribution in [0, 0.1) is 5.41 Å². The van der Waals surface area contributed by atoms with Gasteiger partial charge in [-0.1, -0.05) is 6.58 Å². The molecular formula is C19H28N6O5. The fraction of sp³-hybridized carbons (Fsp3) is 0.684. The largest absolute Gasteiger partial charge is 0.444 e. The second-order valence-electron chi connectivity index (χ2n) is 9.19. The summed E-state index contributed by atoms with van der Waals surface area (Å²) in [5.74, 6) is 1.12. The van der Waals surface area contributed by atoms with E-state index in [0.717, 1.165) is 24.3 Å². The van der Waals surface area contributed by atoms with Crippen LogP contribution in [0.25, 0.3) is 0 Å². The number of hydrogen-bond donors (Lipinski definition) is 3. The van der Waals surface area contributed by atoms with E-state index in [9.17, 15) is 14.8 Å². The molecule has 30 heavy (non-hydrogen) atoms. The van der Waals surface area contributed by atoms with Crippen molar-refractivity contribution in [3.63, 3.8) is 0 Å². The minimum absolute atomic E-state index is 0.0384. The molecule has 4 rings (SSSR count). The smallest absolute Gasteiger partial charge is 0.413 e. The number of carbonyl (C=O) groups is 2. The number of hydrogen-bond acceptors (Lipinski definition) is 8. The molecule has 3 fully saturated rings. The zero-order valence-electron chi connectivity index (χ0n) is 17.5. The molecule has 1 saturated carbocycles. The Kier molecular flexibility index (Phi) is 4.88. The highest BCUT2D eigenvalue weighted by Gasteiger charge is 2.63. The zero-order valence-corrected chi connectivity index (χ0v) is 17.5. The summed E-state index contributed by atoms with van der Waals surface area (Å²) >= 11 is 0. The maximum Gasteiger partial charge on any atom is 0.413 e. The van der Waals surface area contributed by atoms with Gasteiger partial charge in [0, 0.05) is 19.5 Å². The molecule has 0 aromatic carbocycles. The van der Waals surface area contributed by atoms with Crippen molar-refractivity contribution >= 4 is 12.1 Å². The van der Waals surface area contributed by atoms with Crippen molar-refractivity contribution in [3.05, 3.63) is 24.2 Å². The lowest BCUT2D eigenvalue weighted by molar-refractivity contribution is -0.0783. The highest BCUT2D eigenvalue weighted by Crippen LogP contribution is 2.61. The molecule has 0 unspecified atom stereocenters. The van der Waals surface area contributed by atoms with E-state index in [0.29, 0.717) is 37.1 Å². The Hall–Kier alpha value is -2.82. The van der Waals surface area contributed by atoms with E-state index >= 15 is 0 Å². The first-order valence-corrected chi connectivity index (χ1v) is 10.1. The maximum atomic E-state index is 12.4. The number of fused-ring (bicyclic) bond motifs is 3. The van der Waals surface area contributed by atoms with Gasteiger partial charge >= 0.3 is 12.1 Å². The van der Waals surface area contributed by atoms with Crippen molar-refractivity contribution in [2.24, 2.45) is 5.41 Å². The molecule has 3 amide bonds. The van der Waals surface area contributed by atoms with E-state index in [1.54, 1.807) is 25.7 Å². The van der Waals surface area contributed by atoms with E-state index in [4.69, 9.17) is 9.15 Å². The van der Waals surface area contributed by atoms with Gasteiger partial charge in [0.05, 0.1) is 6.04 Å². The number of amides is 3. The summed E-state index contributed by atoms with van der Waals surface area (Å²) in [5, 5.41) is 24.7. The molecule has 2 bridgehead atoms. The van der Waals surface area contributed by atoms with Crippen LogP contribution in [-0.2, 0) is 11.2 Å². The molecule has 2 atom stereocenters. The van der Waals surface area contributed by atoms with Crippen LogP contribution in [0.3, 0.4) is 0 Å². The lowest BCUT2D eigenvalue weighted by Gasteiger charge is -2.34. The van der Waals surface area contributed by atoms with Crippen LogP contribution < -0.4 is 10.6 Å². The Morgan fingerprint density at radius 3 is 2.80 bits per heavy atom. The highest BCUT2D eigenvalue weighted by atomic mass is 16.6. The molecular weight excluding hydrogens is 392 g/mol. The van der Waals surface area contributed by atoms with Gasteiger partial charge < -0.3 is 19.4 Å².